The zero-order valence-electron chi connectivity index (χ0n) is 9.71. The summed E-state index contributed by atoms with van der Waals surface area (Å²) in [6.07, 6.45) is 2.39. The Morgan fingerprint density at radius 3 is 2.81 bits per heavy atom. The van der Waals surface area contributed by atoms with Gasteiger partial charge in [0.05, 0.1) is 4.34 Å². The average molecular weight is 259 g/mol. The normalized spacial score (nSPS) is 19.9. The minimum atomic E-state index is 0.683. The number of aryl methyl sites for hydroxylation is 1. The molecule has 1 aliphatic rings. The van der Waals surface area contributed by atoms with Crippen LogP contribution in [-0.2, 0) is 6.42 Å². The van der Waals surface area contributed by atoms with Gasteiger partial charge in [0.15, 0.2) is 0 Å². The van der Waals surface area contributed by atoms with Crippen LogP contribution in [0.3, 0.4) is 0 Å². The second-order valence-electron chi connectivity index (χ2n) is 4.38. The monoisotopic (exact) mass is 258 g/mol. The van der Waals surface area contributed by atoms with Gasteiger partial charge >= 0.3 is 0 Å². The highest BCUT2D eigenvalue weighted by molar-refractivity contribution is 7.16. The lowest BCUT2D eigenvalue weighted by Crippen LogP contribution is -2.47. The van der Waals surface area contributed by atoms with Gasteiger partial charge in [0.2, 0.25) is 0 Å². The Morgan fingerprint density at radius 1 is 1.44 bits per heavy atom. The van der Waals surface area contributed by atoms with E-state index in [1.807, 2.05) is 6.07 Å². The molecule has 0 aliphatic carbocycles. The average Bonchev–Trinajstić information content (AvgIpc) is 2.73. The van der Waals surface area contributed by atoms with Crippen LogP contribution in [0.2, 0.25) is 4.34 Å². The second-order valence-corrected chi connectivity index (χ2v) is 6.18. The van der Waals surface area contributed by atoms with Gasteiger partial charge in [-0.05, 0) is 31.9 Å². The van der Waals surface area contributed by atoms with E-state index in [2.05, 4.69) is 23.2 Å². The molecule has 2 rings (SSSR count). The summed E-state index contributed by atoms with van der Waals surface area (Å²) < 4.78 is 0.907. The van der Waals surface area contributed by atoms with Crippen LogP contribution in [0.5, 0.6) is 0 Å². The summed E-state index contributed by atoms with van der Waals surface area (Å²) in [5, 5.41) is 3.39. The van der Waals surface area contributed by atoms with Gasteiger partial charge in [-0.2, -0.15) is 0 Å². The van der Waals surface area contributed by atoms with Gasteiger partial charge in [0.1, 0.15) is 0 Å². The maximum Gasteiger partial charge on any atom is 0.0931 e. The number of thiophene rings is 1. The fraction of sp³-hybridized carbons (Fsp3) is 0.667. The van der Waals surface area contributed by atoms with Crippen molar-refractivity contribution in [3.8, 4) is 0 Å². The van der Waals surface area contributed by atoms with Crippen molar-refractivity contribution in [3.05, 3.63) is 21.3 Å². The number of nitrogens with zero attached hydrogens (tertiary/aromatic N) is 1. The summed E-state index contributed by atoms with van der Waals surface area (Å²) in [6, 6.07) is 4.83. The summed E-state index contributed by atoms with van der Waals surface area (Å²) in [7, 11) is 0. The first kappa shape index (κ1) is 12.4. The van der Waals surface area contributed by atoms with E-state index in [0.29, 0.717) is 6.04 Å². The Kier molecular flexibility index (Phi) is 4.65. The van der Waals surface area contributed by atoms with Crippen LogP contribution >= 0.6 is 22.9 Å². The third kappa shape index (κ3) is 3.45. The Morgan fingerprint density at radius 2 is 2.19 bits per heavy atom. The molecule has 1 N–H and O–H groups in total. The highest BCUT2D eigenvalue weighted by Crippen LogP contribution is 2.23. The van der Waals surface area contributed by atoms with Crippen LogP contribution < -0.4 is 5.32 Å². The summed E-state index contributed by atoms with van der Waals surface area (Å²) >= 11 is 7.64. The van der Waals surface area contributed by atoms with Gasteiger partial charge in [-0.1, -0.05) is 11.6 Å². The SMILES string of the molecule is CC(CCc1ccc(Cl)s1)N1CCNCC1. The maximum atomic E-state index is 5.92. The number of hydrogen-bond donors (Lipinski definition) is 1. The highest BCUT2D eigenvalue weighted by Gasteiger charge is 2.16. The van der Waals surface area contributed by atoms with E-state index < -0.39 is 0 Å². The molecule has 1 unspecified atom stereocenters. The van der Waals surface area contributed by atoms with Crippen LogP contribution in [-0.4, -0.2) is 37.1 Å². The highest BCUT2D eigenvalue weighted by atomic mass is 35.5. The Labute approximate surface area is 107 Å². The molecule has 1 atom stereocenters. The van der Waals surface area contributed by atoms with Gasteiger partial charge in [0.25, 0.3) is 0 Å². The number of hydrogen-bond acceptors (Lipinski definition) is 3. The maximum absolute atomic E-state index is 5.92. The van der Waals surface area contributed by atoms with E-state index in [1.165, 1.54) is 24.4 Å². The van der Waals surface area contributed by atoms with E-state index in [4.69, 9.17) is 11.6 Å². The molecule has 0 amide bonds. The standard InChI is InChI=1S/C12H19ClN2S/c1-10(15-8-6-14-7-9-15)2-3-11-4-5-12(13)16-11/h4-5,10,14H,2-3,6-9H2,1H3. The molecule has 1 aromatic rings. The summed E-state index contributed by atoms with van der Waals surface area (Å²) in [5.74, 6) is 0. The van der Waals surface area contributed by atoms with E-state index in [-0.39, 0.29) is 0 Å². The number of halogens is 1. The third-order valence-corrected chi connectivity index (χ3v) is 4.50. The van der Waals surface area contributed by atoms with Gasteiger partial charge in [-0.3, -0.25) is 4.90 Å². The topological polar surface area (TPSA) is 15.3 Å². The number of rotatable bonds is 4. The van der Waals surface area contributed by atoms with Crippen molar-refractivity contribution in [3.63, 3.8) is 0 Å². The van der Waals surface area contributed by atoms with Gasteiger partial charge in [-0.15, -0.1) is 11.3 Å². The lowest BCUT2D eigenvalue weighted by molar-refractivity contribution is 0.177. The molecule has 0 aromatic carbocycles. The molecular weight excluding hydrogens is 240 g/mol. The molecule has 1 saturated heterocycles. The fourth-order valence-corrected chi connectivity index (χ4v) is 3.25. The molecular formula is C12H19ClN2S. The minimum Gasteiger partial charge on any atom is -0.314 e. The molecule has 0 spiro atoms. The second kappa shape index (κ2) is 6.01. The Balaban J connectivity index is 1.76. The van der Waals surface area contributed by atoms with Crippen LogP contribution in [0.4, 0.5) is 0 Å². The van der Waals surface area contributed by atoms with Crippen LogP contribution in [0.1, 0.15) is 18.2 Å². The molecule has 90 valence electrons. The third-order valence-electron chi connectivity index (χ3n) is 3.21. The van der Waals surface area contributed by atoms with Crippen molar-refractivity contribution < 1.29 is 0 Å². The first-order valence-corrected chi connectivity index (χ1v) is 7.14. The molecule has 2 nitrogen and oxygen atoms in total. The number of nitrogens with one attached hydrogen (secondary N) is 1. The minimum absolute atomic E-state index is 0.683. The Bertz CT molecular complexity index is 321. The quantitative estimate of drug-likeness (QED) is 0.893. The summed E-state index contributed by atoms with van der Waals surface area (Å²) in [4.78, 5) is 3.98. The van der Waals surface area contributed by atoms with Gasteiger partial charge in [0, 0.05) is 37.1 Å². The van der Waals surface area contributed by atoms with E-state index in [1.54, 1.807) is 11.3 Å². The van der Waals surface area contributed by atoms with Crippen molar-refractivity contribution in [2.45, 2.75) is 25.8 Å². The van der Waals surface area contributed by atoms with Gasteiger partial charge in [-0.25, -0.2) is 0 Å². The predicted molar refractivity (Wildman–Crippen MR) is 71.6 cm³/mol. The molecule has 1 aromatic heterocycles. The molecule has 4 heteroatoms. The lowest BCUT2D eigenvalue weighted by atomic mass is 10.1. The van der Waals surface area contributed by atoms with Crippen molar-refractivity contribution in [2.24, 2.45) is 0 Å². The Hall–Kier alpha value is -0.0900. The van der Waals surface area contributed by atoms with Crippen molar-refractivity contribution in [2.75, 3.05) is 26.2 Å². The molecule has 1 aliphatic heterocycles. The van der Waals surface area contributed by atoms with E-state index >= 15 is 0 Å². The zero-order valence-corrected chi connectivity index (χ0v) is 11.3. The first-order chi connectivity index (χ1) is 7.75. The molecule has 0 radical (unpaired) electrons. The molecule has 16 heavy (non-hydrogen) atoms. The van der Waals surface area contributed by atoms with Crippen LogP contribution in [0, 0.1) is 0 Å². The van der Waals surface area contributed by atoms with Crippen molar-refractivity contribution in [1.29, 1.82) is 0 Å². The zero-order chi connectivity index (χ0) is 11.4. The van der Waals surface area contributed by atoms with E-state index in [0.717, 1.165) is 23.8 Å². The molecule has 0 bridgehead atoms. The fourth-order valence-electron chi connectivity index (χ4n) is 2.14. The lowest BCUT2D eigenvalue weighted by Gasteiger charge is -2.32. The smallest absolute Gasteiger partial charge is 0.0931 e. The molecule has 0 saturated carbocycles. The summed E-state index contributed by atoms with van der Waals surface area (Å²) in [5.41, 5.74) is 0. The predicted octanol–water partition coefficient (Wildman–Crippen LogP) is 2.63. The van der Waals surface area contributed by atoms with Crippen molar-refractivity contribution in [1.82, 2.24) is 10.2 Å². The van der Waals surface area contributed by atoms with Gasteiger partial charge < -0.3 is 5.32 Å². The largest absolute Gasteiger partial charge is 0.314 e. The van der Waals surface area contributed by atoms with Crippen molar-refractivity contribution >= 4 is 22.9 Å². The van der Waals surface area contributed by atoms with Crippen LogP contribution in [0.25, 0.3) is 0 Å². The first-order valence-electron chi connectivity index (χ1n) is 5.94. The molecule has 1 fully saturated rings. The molecule has 2 heterocycles. The van der Waals surface area contributed by atoms with Crippen LogP contribution in [0.15, 0.2) is 12.1 Å². The summed E-state index contributed by atoms with van der Waals surface area (Å²) in [6.45, 7) is 6.98. The number of piperazine rings is 1. The van der Waals surface area contributed by atoms with E-state index in [9.17, 15) is 0 Å².